The minimum absolute atomic E-state index is 0.215. The summed E-state index contributed by atoms with van der Waals surface area (Å²) >= 11 is 5.99. The molecule has 0 aromatic heterocycles. The molecule has 1 atom stereocenters. The molecule has 0 saturated heterocycles. The van der Waals surface area contributed by atoms with Crippen LogP contribution in [-0.4, -0.2) is 49.3 Å². The van der Waals surface area contributed by atoms with E-state index in [0.717, 1.165) is 16.8 Å². The van der Waals surface area contributed by atoms with Crippen LogP contribution in [0.25, 0.3) is 0 Å². The number of methoxy groups -OCH3 is 1. The molecule has 0 heterocycles. The van der Waals surface area contributed by atoms with Crippen molar-refractivity contribution in [2.24, 2.45) is 0 Å². The standard InChI is InChI=1S/C33H38ClN3O5/c1-42-32(40)30(38)21-36-31(39)27-11-7-24(8-12-27)22-37(33(41)35-20-19-23-9-15-28(34)16-10-23)29-17-13-26(14-18-29)25-5-3-2-4-6-25/h7-18,25,30,38H,2-6,19-22H2,1H3,(H,35,41)(H,36,39)/t30-/m1/s1. The van der Waals surface area contributed by atoms with E-state index in [4.69, 9.17) is 11.6 Å². The monoisotopic (exact) mass is 591 g/mol. The molecule has 8 nitrogen and oxygen atoms in total. The van der Waals surface area contributed by atoms with Gasteiger partial charge in [0, 0.05) is 22.8 Å². The van der Waals surface area contributed by atoms with Gasteiger partial charge in [0.25, 0.3) is 5.91 Å². The smallest absolute Gasteiger partial charge is 0.336 e. The Kier molecular flexibility index (Phi) is 11.4. The molecule has 0 unspecified atom stereocenters. The molecule has 3 aromatic carbocycles. The van der Waals surface area contributed by atoms with E-state index in [2.05, 4.69) is 27.5 Å². The lowest BCUT2D eigenvalue weighted by atomic mass is 9.84. The van der Waals surface area contributed by atoms with Crippen LogP contribution in [0.2, 0.25) is 5.02 Å². The molecule has 0 bridgehead atoms. The summed E-state index contributed by atoms with van der Waals surface area (Å²) in [5, 5.41) is 15.9. The van der Waals surface area contributed by atoms with Gasteiger partial charge in [-0.3, -0.25) is 9.69 Å². The Morgan fingerprint density at radius 1 is 0.905 bits per heavy atom. The van der Waals surface area contributed by atoms with E-state index in [9.17, 15) is 19.5 Å². The van der Waals surface area contributed by atoms with Crippen LogP contribution in [0.5, 0.6) is 0 Å². The SMILES string of the molecule is COC(=O)[C@H](O)CNC(=O)c1ccc(CN(C(=O)NCCc2ccc(Cl)cc2)c2ccc(C3CCCCC3)cc2)cc1. The Morgan fingerprint density at radius 2 is 1.55 bits per heavy atom. The highest BCUT2D eigenvalue weighted by Gasteiger charge is 2.20. The first-order valence-electron chi connectivity index (χ1n) is 14.4. The van der Waals surface area contributed by atoms with Crippen molar-refractivity contribution in [3.05, 3.63) is 100 Å². The van der Waals surface area contributed by atoms with Crippen LogP contribution >= 0.6 is 11.6 Å². The van der Waals surface area contributed by atoms with Crippen LogP contribution in [0.3, 0.4) is 0 Å². The second-order valence-electron chi connectivity index (χ2n) is 10.6. The maximum atomic E-state index is 13.5. The third kappa shape index (κ3) is 8.81. The van der Waals surface area contributed by atoms with E-state index in [1.165, 1.54) is 44.8 Å². The van der Waals surface area contributed by atoms with Crippen LogP contribution in [0, 0.1) is 0 Å². The van der Waals surface area contributed by atoms with Crippen molar-refractivity contribution in [2.75, 3.05) is 25.1 Å². The molecule has 1 aliphatic carbocycles. The average Bonchev–Trinajstić information content (AvgIpc) is 3.03. The van der Waals surface area contributed by atoms with Gasteiger partial charge in [0.05, 0.1) is 20.2 Å². The van der Waals surface area contributed by atoms with Gasteiger partial charge in [0.1, 0.15) is 0 Å². The van der Waals surface area contributed by atoms with Crippen LogP contribution in [0.1, 0.15) is 65.1 Å². The summed E-state index contributed by atoms with van der Waals surface area (Å²) in [5.41, 5.74) is 4.39. The number of ether oxygens (including phenoxy) is 1. The summed E-state index contributed by atoms with van der Waals surface area (Å²) in [7, 11) is 1.17. The average molecular weight is 592 g/mol. The number of carbonyl (C=O) groups is 3. The van der Waals surface area contributed by atoms with Crippen LogP contribution in [0.15, 0.2) is 72.8 Å². The zero-order valence-electron chi connectivity index (χ0n) is 23.9. The topological polar surface area (TPSA) is 108 Å². The first kappa shape index (κ1) is 31.1. The lowest BCUT2D eigenvalue weighted by Gasteiger charge is -2.26. The van der Waals surface area contributed by atoms with Gasteiger partial charge in [-0.25, -0.2) is 9.59 Å². The van der Waals surface area contributed by atoms with Crippen molar-refractivity contribution in [1.82, 2.24) is 10.6 Å². The summed E-state index contributed by atoms with van der Waals surface area (Å²) < 4.78 is 4.46. The molecule has 0 aliphatic heterocycles. The second-order valence-corrected chi connectivity index (χ2v) is 11.0. The maximum absolute atomic E-state index is 13.5. The van der Waals surface area contributed by atoms with Gasteiger partial charge in [0.2, 0.25) is 0 Å². The van der Waals surface area contributed by atoms with E-state index in [1.807, 2.05) is 36.4 Å². The first-order valence-corrected chi connectivity index (χ1v) is 14.7. The van der Waals surface area contributed by atoms with Crippen molar-refractivity contribution in [2.45, 2.75) is 57.1 Å². The minimum atomic E-state index is -1.44. The Labute approximate surface area is 252 Å². The third-order valence-electron chi connectivity index (χ3n) is 7.62. The number of aliphatic hydroxyl groups excluding tert-OH is 1. The number of benzene rings is 3. The van der Waals surface area contributed by atoms with Crippen molar-refractivity contribution in [1.29, 1.82) is 0 Å². The molecule has 1 aliphatic rings. The highest BCUT2D eigenvalue weighted by Crippen LogP contribution is 2.33. The van der Waals surface area contributed by atoms with Crippen molar-refractivity contribution in [3.8, 4) is 0 Å². The molecular weight excluding hydrogens is 554 g/mol. The zero-order valence-corrected chi connectivity index (χ0v) is 24.6. The number of urea groups is 1. The van der Waals surface area contributed by atoms with Gasteiger partial charge >= 0.3 is 12.0 Å². The summed E-state index contributed by atoms with van der Waals surface area (Å²) in [6, 6.07) is 22.5. The maximum Gasteiger partial charge on any atom is 0.336 e. The summed E-state index contributed by atoms with van der Waals surface area (Å²) in [5.74, 6) is -0.676. The van der Waals surface area contributed by atoms with E-state index in [-0.39, 0.29) is 12.6 Å². The number of carbonyl (C=O) groups excluding carboxylic acids is 3. The Balaban J connectivity index is 1.44. The quantitative estimate of drug-likeness (QED) is 0.251. The molecule has 42 heavy (non-hydrogen) atoms. The normalized spacial score (nSPS) is 14.1. The molecule has 3 aromatic rings. The van der Waals surface area contributed by atoms with E-state index in [1.54, 1.807) is 29.2 Å². The highest BCUT2D eigenvalue weighted by atomic mass is 35.5. The van der Waals surface area contributed by atoms with Crippen molar-refractivity contribution < 1.29 is 24.2 Å². The molecule has 1 fully saturated rings. The number of nitrogens with zero attached hydrogens (tertiary/aromatic N) is 1. The Bertz CT molecular complexity index is 1320. The van der Waals surface area contributed by atoms with E-state index in [0.29, 0.717) is 36.0 Å². The van der Waals surface area contributed by atoms with Gasteiger partial charge in [-0.05, 0) is 78.3 Å². The number of rotatable bonds is 11. The number of anilines is 1. The van der Waals surface area contributed by atoms with E-state index < -0.39 is 18.0 Å². The number of hydrogen-bond donors (Lipinski definition) is 3. The molecule has 3 amide bonds. The van der Waals surface area contributed by atoms with Gasteiger partial charge in [-0.1, -0.05) is 67.3 Å². The molecule has 9 heteroatoms. The lowest BCUT2D eigenvalue weighted by molar-refractivity contribution is -0.149. The number of hydrogen-bond acceptors (Lipinski definition) is 5. The Hall–Kier alpha value is -3.88. The van der Waals surface area contributed by atoms with Gasteiger partial charge in [0.15, 0.2) is 6.10 Å². The summed E-state index contributed by atoms with van der Waals surface area (Å²) in [4.78, 5) is 39.0. The zero-order chi connectivity index (χ0) is 29.9. The fourth-order valence-corrected chi connectivity index (χ4v) is 5.28. The molecule has 222 valence electrons. The van der Waals surface area contributed by atoms with Gasteiger partial charge < -0.3 is 20.5 Å². The number of amides is 3. The lowest BCUT2D eigenvalue weighted by Crippen LogP contribution is -2.40. The summed E-state index contributed by atoms with van der Waals surface area (Å²) in [6.45, 7) is 0.514. The fourth-order valence-electron chi connectivity index (χ4n) is 5.16. The van der Waals surface area contributed by atoms with Crippen LogP contribution in [-0.2, 0) is 22.5 Å². The summed E-state index contributed by atoms with van der Waals surface area (Å²) in [6.07, 6.45) is 5.46. The second kappa shape index (κ2) is 15.4. The number of esters is 1. The first-order chi connectivity index (χ1) is 20.3. The number of nitrogens with one attached hydrogen (secondary N) is 2. The van der Waals surface area contributed by atoms with Crippen molar-refractivity contribution in [3.63, 3.8) is 0 Å². The predicted octanol–water partition coefficient (Wildman–Crippen LogP) is 5.61. The van der Waals surface area contributed by atoms with Crippen LogP contribution in [0.4, 0.5) is 10.5 Å². The number of aliphatic hydroxyl groups is 1. The predicted molar refractivity (Wildman–Crippen MR) is 164 cm³/mol. The molecular formula is C33H38ClN3O5. The Morgan fingerprint density at radius 3 is 2.19 bits per heavy atom. The molecule has 0 radical (unpaired) electrons. The molecule has 0 spiro atoms. The molecule has 3 N–H and O–H groups in total. The molecule has 4 rings (SSSR count). The fraction of sp³-hybridized carbons (Fsp3) is 0.364. The minimum Gasteiger partial charge on any atom is -0.467 e. The number of halogens is 1. The largest absolute Gasteiger partial charge is 0.467 e. The highest BCUT2D eigenvalue weighted by molar-refractivity contribution is 6.30. The van der Waals surface area contributed by atoms with Crippen molar-refractivity contribution >= 4 is 35.2 Å². The van der Waals surface area contributed by atoms with E-state index >= 15 is 0 Å². The molecule has 1 saturated carbocycles. The van der Waals surface area contributed by atoms with Gasteiger partial charge in [-0.2, -0.15) is 0 Å². The van der Waals surface area contributed by atoms with Gasteiger partial charge in [-0.15, -0.1) is 0 Å². The third-order valence-corrected chi connectivity index (χ3v) is 7.87. The van der Waals surface area contributed by atoms with Crippen LogP contribution < -0.4 is 15.5 Å².